The summed E-state index contributed by atoms with van der Waals surface area (Å²) >= 11 is 0. The fourth-order valence-corrected chi connectivity index (χ4v) is 3.47. The van der Waals surface area contributed by atoms with Gasteiger partial charge in [-0.25, -0.2) is 17.6 Å². The van der Waals surface area contributed by atoms with Gasteiger partial charge in [-0.1, -0.05) is 0 Å². The summed E-state index contributed by atoms with van der Waals surface area (Å²) in [7, 11) is -4.10. The maximum atomic E-state index is 13.9. The normalized spacial score (nSPS) is 16.0. The van der Waals surface area contributed by atoms with Crippen LogP contribution in [-0.4, -0.2) is 57.5 Å². The fraction of sp³-hybridized carbons (Fsp3) is 0.385. The molecule has 0 spiro atoms. The number of halogens is 1. The van der Waals surface area contributed by atoms with Crippen LogP contribution in [0.25, 0.3) is 0 Å². The van der Waals surface area contributed by atoms with Crippen LogP contribution in [0.15, 0.2) is 23.1 Å². The summed E-state index contributed by atoms with van der Waals surface area (Å²) in [5, 5.41) is 0. The van der Waals surface area contributed by atoms with Crippen LogP contribution in [0, 0.1) is 5.82 Å². The molecule has 8 nitrogen and oxygen atoms in total. The predicted molar refractivity (Wildman–Crippen MR) is 75.5 cm³/mol. The Morgan fingerprint density at radius 1 is 1.30 bits per heavy atom. The number of sulfonamides is 1. The number of nitrogens with zero attached hydrogens (tertiary/aromatic N) is 1. The highest BCUT2D eigenvalue weighted by atomic mass is 32.2. The predicted octanol–water partition coefficient (Wildman–Crippen LogP) is -0.511. The first-order chi connectivity index (χ1) is 10.8. The monoisotopic (exact) mass is 346 g/mol. The van der Waals surface area contributed by atoms with Gasteiger partial charge in [-0.05, 0) is 18.2 Å². The van der Waals surface area contributed by atoms with Crippen molar-refractivity contribution in [2.45, 2.75) is 4.90 Å². The lowest BCUT2D eigenvalue weighted by atomic mass is 10.2. The SMILES string of the molecule is NC(=O)COC(=O)c1ccc(F)c(S(=O)(=O)N2CCOCC2)c1. The number of hydrogen-bond donors (Lipinski definition) is 1. The van der Waals surface area contributed by atoms with Gasteiger partial charge in [-0.15, -0.1) is 0 Å². The number of rotatable bonds is 5. The molecule has 0 saturated carbocycles. The van der Waals surface area contributed by atoms with E-state index in [4.69, 9.17) is 10.5 Å². The second-order valence-corrected chi connectivity index (χ2v) is 6.61. The van der Waals surface area contributed by atoms with E-state index in [1.165, 1.54) is 0 Å². The van der Waals surface area contributed by atoms with E-state index < -0.39 is 39.2 Å². The molecule has 2 N–H and O–H groups in total. The summed E-state index contributed by atoms with van der Waals surface area (Å²) in [5.41, 5.74) is 4.65. The molecule has 23 heavy (non-hydrogen) atoms. The third-order valence-corrected chi connectivity index (χ3v) is 5.01. The third kappa shape index (κ3) is 4.03. The van der Waals surface area contributed by atoms with Gasteiger partial charge in [-0.3, -0.25) is 4.79 Å². The van der Waals surface area contributed by atoms with E-state index in [0.29, 0.717) is 0 Å². The molecule has 10 heteroatoms. The highest BCUT2D eigenvalue weighted by Gasteiger charge is 2.30. The van der Waals surface area contributed by atoms with E-state index in [1.54, 1.807) is 0 Å². The molecular weight excluding hydrogens is 331 g/mol. The van der Waals surface area contributed by atoms with Gasteiger partial charge in [0.25, 0.3) is 5.91 Å². The van der Waals surface area contributed by atoms with Crippen molar-refractivity contribution in [3.8, 4) is 0 Å². The highest BCUT2D eigenvalue weighted by molar-refractivity contribution is 7.89. The van der Waals surface area contributed by atoms with Gasteiger partial charge >= 0.3 is 5.97 Å². The lowest BCUT2D eigenvalue weighted by Crippen LogP contribution is -2.41. The molecule has 126 valence electrons. The molecular formula is C13H15FN2O6S. The Hall–Kier alpha value is -2.04. The van der Waals surface area contributed by atoms with E-state index in [0.717, 1.165) is 22.5 Å². The largest absolute Gasteiger partial charge is 0.452 e. The summed E-state index contributed by atoms with van der Waals surface area (Å²) in [5.74, 6) is -2.81. The topological polar surface area (TPSA) is 116 Å². The van der Waals surface area contributed by atoms with Crippen LogP contribution in [0.2, 0.25) is 0 Å². The van der Waals surface area contributed by atoms with Crippen molar-refractivity contribution in [2.24, 2.45) is 5.73 Å². The first kappa shape index (κ1) is 17.3. The van der Waals surface area contributed by atoms with Crippen LogP contribution < -0.4 is 5.73 Å². The zero-order valence-electron chi connectivity index (χ0n) is 12.0. The third-order valence-electron chi connectivity index (χ3n) is 3.10. The van der Waals surface area contributed by atoms with Crippen molar-refractivity contribution in [1.82, 2.24) is 4.31 Å². The number of ether oxygens (including phenoxy) is 2. The Bertz CT molecular complexity index is 715. The Labute approximate surface area is 132 Å². The van der Waals surface area contributed by atoms with Gasteiger partial charge in [0.15, 0.2) is 6.61 Å². The van der Waals surface area contributed by atoms with Crippen LogP contribution in [0.4, 0.5) is 4.39 Å². The van der Waals surface area contributed by atoms with E-state index >= 15 is 0 Å². The molecule has 1 aromatic rings. The maximum Gasteiger partial charge on any atom is 0.338 e. The first-order valence-electron chi connectivity index (χ1n) is 6.65. The second-order valence-electron chi connectivity index (χ2n) is 4.70. The molecule has 2 rings (SSSR count). The van der Waals surface area contributed by atoms with Crippen LogP contribution in [0.5, 0.6) is 0 Å². The van der Waals surface area contributed by atoms with Crippen LogP contribution >= 0.6 is 0 Å². The standard InChI is InChI=1S/C13H15FN2O6S/c14-10-2-1-9(13(18)22-8-12(15)17)7-11(10)23(19,20)16-3-5-21-6-4-16/h1-2,7H,3-6,8H2,(H2,15,17). The van der Waals surface area contributed by atoms with Gasteiger partial charge in [0.2, 0.25) is 10.0 Å². The smallest absolute Gasteiger partial charge is 0.338 e. The molecule has 1 heterocycles. The van der Waals surface area contributed by atoms with Crippen molar-refractivity contribution in [1.29, 1.82) is 0 Å². The van der Waals surface area contributed by atoms with Crippen LogP contribution in [0.3, 0.4) is 0 Å². The Morgan fingerprint density at radius 2 is 1.96 bits per heavy atom. The van der Waals surface area contributed by atoms with Crippen molar-refractivity contribution in [3.05, 3.63) is 29.6 Å². The van der Waals surface area contributed by atoms with Crippen LogP contribution in [-0.2, 0) is 24.3 Å². The van der Waals surface area contributed by atoms with E-state index in [2.05, 4.69) is 4.74 Å². The minimum Gasteiger partial charge on any atom is -0.452 e. The van der Waals surface area contributed by atoms with Gasteiger partial charge in [0.1, 0.15) is 10.7 Å². The molecule has 0 atom stereocenters. The Morgan fingerprint density at radius 3 is 2.57 bits per heavy atom. The molecule has 1 aliphatic rings. The average molecular weight is 346 g/mol. The molecule has 0 aromatic heterocycles. The zero-order valence-corrected chi connectivity index (χ0v) is 12.8. The number of primary amides is 1. The quantitative estimate of drug-likeness (QED) is 0.718. The maximum absolute atomic E-state index is 13.9. The van der Waals surface area contributed by atoms with Crippen molar-refractivity contribution in [2.75, 3.05) is 32.9 Å². The summed E-state index contributed by atoms with van der Waals surface area (Å²) < 4.78 is 49.6. The van der Waals surface area contributed by atoms with Crippen LogP contribution in [0.1, 0.15) is 10.4 Å². The summed E-state index contributed by atoms with van der Waals surface area (Å²) in [4.78, 5) is 21.7. The Balaban J connectivity index is 2.29. The van der Waals surface area contributed by atoms with Gasteiger partial charge in [-0.2, -0.15) is 4.31 Å². The fourth-order valence-electron chi connectivity index (χ4n) is 1.97. The first-order valence-corrected chi connectivity index (χ1v) is 8.09. The summed E-state index contributed by atoms with van der Waals surface area (Å²) in [6, 6.07) is 2.80. The summed E-state index contributed by atoms with van der Waals surface area (Å²) in [6.45, 7) is -0.0413. The minimum absolute atomic E-state index is 0.0954. The van der Waals surface area contributed by atoms with E-state index in [-0.39, 0.29) is 31.9 Å². The number of amides is 1. The number of nitrogens with two attached hydrogens (primary N) is 1. The van der Waals surface area contributed by atoms with Gasteiger partial charge in [0.05, 0.1) is 18.8 Å². The number of hydrogen-bond acceptors (Lipinski definition) is 6. The molecule has 1 saturated heterocycles. The van der Waals surface area contributed by atoms with Crippen molar-refractivity contribution in [3.63, 3.8) is 0 Å². The lowest BCUT2D eigenvalue weighted by molar-refractivity contribution is -0.121. The molecule has 0 bridgehead atoms. The molecule has 0 aliphatic carbocycles. The molecule has 1 fully saturated rings. The number of morpholine rings is 1. The van der Waals surface area contributed by atoms with Crippen molar-refractivity contribution >= 4 is 21.9 Å². The summed E-state index contributed by atoms with van der Waals surface area (Å²) in [6.07, 6.45) is 0. The molecule has 0 unspecified atom stereocenters. The van der Waals surface area contributed by atoms with Crippen molar-refractivity contribution < 1.29 is 31.9 Å². The number of carbonyl (C=O) groups excluding carboxylic acids is 2. The highest BCUT2D eigenvalue weighted by Crippen LogP contribution is 2.22. The second kappa shape index (κ2) is 7.02. The van der Waals surface area contributed by atoms with Gasteiger partial charge < -0.3 is 15.2 Å². The van der Waals surface area contributed by atoms with E-state index in [9.17, 15) is 22.4 Å². The number of carbonyl (C=O) groups is 2. The Kier molecular flexibility index (Phi) is 5.29. The molecule has 1 amide bonds. The molecule has 0 radical (unpaired) electrons. The van der Waals surface area contributed by atoms with E-state index in [1.807, 2.05) is 0 Å². The average Bonchev–Trinajstić information content (AvgIpc) is 2.53. The van der Waals surface area contributed by atoms with Gasteiger partial charge in [0, 0.05) is 13.1 Å². The number of esters is 1. The lowest BCUT2D eigenvalue weighted by Gasteiger charge is -2.26. The zero-order chi connectivity index (χ0) is 17.0. The molecule has 1 aliphatic heterocycles. The molecule has 1 aromatic carbocycles. The number of benzene rings is 1. The minimum atomic E-state index is -4.10.